The summed E-state index contributed by atoms with van der Waals surface area (Å²) in [6, 6.07) is 7.37. The molecule has 0 fully saturated rings. The smallest absolute Gasteiger partial charge is 0.230 e. The molecule has 0 spiro atoms. The number of rotatable bonds is 8. The van der Waals surface area contributed by atoms with Gasteiger partial charge in [0.15, 0.2) is 5.82 Å². The number of unbranched alkanes of at least 4 members (excludes halogenated alkanes) is 1. The molecular weight excluding hydrogens is 348 g/mol. The van der Waals surface area contributed by atoms with Gasteiger partial charge in [-0.15, -0.1) is 26.6 Å². The number of hydrogen-bond donors (Lipinski definition) is 1. The first-order chi connectivity index (χ1) is 12.7. The number of nitrogens with zero attached hydrogens (tertiary/aromatic N) is 5. The van der Waals surface area contributed by atoms with Crippen molar-refractivity contribution in [3.8, 4) is 0 Å². The van der Waals surface area contributed by atoms with Crippen LogP contribution in [0.2, 0.25) is 0 Å². The molecule has 3 rings (SSSR count). The number of carbonyl (C=O) groups excluding carboxylic acids is 1. The highest BCUT2D eigenvalue weighted by atomic mass is 32.1. The second-order valence-electron chi connectivity index (χ2n) is 5.92. The van der Waals surface area contributed by atoms with Crippen LogP contribution in [-0.4, -0.2) is 31.3 Å². The van der Waals surface area contributed by atoms with Crippen LogP contribution in [0.4, 0.5) is 5.82 Å². The number of nitrogens with one attached hydrogen (secondary N) is 1. The Hall–Kier alpha value is -2.74. The molecule has 3 aromatic rings. The molecule has 0 aromatic carbocycles. The number of aryl methyl sites for hydroxylation is 3. The molecule has 0 aliphatic rings. The average Bonchev–Trinajstić information content (AvgIpc) is 3.06. The highest BCUT2D eigenvalue weighted by Gasteiger charge is 2.06. The first-order valence-electron chi connectivity index (χ1n) is 8.49. The van der Waals surface area contributed by atoms with Crippen molar-refractivity contribution in [1.29, 1.82) is 0 Å². The number of hydrogen-bond acceptors (Lipinski definition) is 7. The number of carbonyl (C=O) groups is 1. The van der Waals surface area contributed by atoms with E-state index in [0.717, 1.165) is 47.0 Å². The normalized spacial score (nSPS) is 10.7. The molecule has 0 radical (unpaired) electrons. The van der Waals surface area contributed by atoms with E-state index in [1.54, 1.807) is 29.8 Å². The van der Waals surface area contributed by atoms with E-state index in [1.165, 1.54) is 0 Å². The molecule has 134 valence electrons. The first kappa shape index (κ1) is 18.1. The van der Waals surface area contributed by atoms with Gasteiger partial charge in [-0.25, -0.2) is 0 Å². The topological polar surface area (TPSA) is 93.6 Å². The molecule has 7 nitrogen and oxygen atoms in total. The Balaban J connectivity index is 1.40. The molecule has 3 aromatic heterocycles. The van der Waals surface area contributed by atoms with Gasteiger partial charge in [0, 0.05) is 18.8 Å². The minimum absolute atomic E-state index is 0.132. The summed E-state index contributed by atoms with van der Waals surface area (Å²) in [6.45, 7) is 1.97. The lowest BCUT2D eigenvalue weighted by atomic mass is 10.1. The van der Waals surface area contributed by atoms with Crippen LogP contribution in [0.15, 0.2) is 36.7 Å². The Bertz CT molecular complexity index is 834. The minimum Gasteiger partial charge on any atom is -0.309 e. The SMILES string of the molecule is Cc1nnc(CCCCc2ccc(NC(=O)Cc3cccnc3)nn2)s1. The van der Waals surface area contributed by atoms with Crippen LogP contribution < -0.4 is 5.32 Å². The van der Waals surface area contributed by atoms with Crippen LogP contribution in [-0.2, 0) is 24.1 Å². The summed E-state index contributed by atoms with van der Waals surface area (Å²) in [5.74, 6) is 0.333. The van der Waals surface area contributed by atoms with E-state index in [2.05, 4.69) is 30.7 Å². The Morgan fingerprint density at radius 1 is 1.08 bits per heavy atom. The molecule has 0 saturated heterocycles. The fourth-order valence-corrected chi connectivity index (χ4v) is 3.21. The van der Waals surface area contributed by atoms with Gasteiger partial charge in [0.25, 0.3) is 0 Å². The second kappa shape index (κ2) is 9.10. The molecule has 0 aliphatic carbocycles. The van der Waals surface area contributed by atoms with Crippen LogP contribution in [0.3, 0.4) is 0 Å². The van der Waals surface area contributed by atoms with Gasteiger partial charge in [-0.3, -0.25) is 9.78 Å². The van der Waals surface area contributed by atoms with Gasteiger partial charge in [0.1, 0.15) is 10.0 Å². The number of aromatic nitrogens is 5. The van der Waals surface area contributed by atoms with Crippen molar-refractivity contribution < 1.29 is 4.79 Å². The third-order valence-corrected chi connectivity index (χ3v) is 4.61. The maximum absolute atomic E-state index is 12.0. The second-order valence-corrected chi connectivity index (χ2v) is 7.18. The molecule has 3 heterocycles. The Morgan fingerprint density at radius 2 is 1.96 bits per heavy atom. The molecule has 0 saturated carbocycles. The summed E-state index contributed by atoms with van der Waals surface area (Å²) < 4.78 is 0. The van der Waals surface area contributed by atoms with Gasteiger partial charge in [-0.05, 0) is 49.9 Å². The summed E-state index contributed by atoms with van der Waals surface area (Å²) in [6.07, 6.45) is 7.48. The van der Waals surface area contributed by atoms with E-state index in [0.29, 0.717) is 5.82 Å². The van der Waals surface area contributed by atoms with Crippen LogP contribution in [0, 0.1) is 6.92 Å². The highest BCUT2D eigenvalue weighted by molar-refractivity contribution is 7.11. The predicted octanol–water partition coefficient (Wildman–Crippen LogP) is 2.78. The molecule has 0 atom stereocenters. The van der Waals surface area contributed by atoms with Crippen molar-refractivity contribution in [1.82, 2.24) is 25.4 Å². The largest absolute Gasteiger partial charge is 0.309 e. The van der Waals surface area contributed by atoms with Crippen LogP contribution in [0.5, 0.6) is 0 Å². The van der Waals surface area contributed by atoms with Gasteiger partial charge in [-0.2, -0.15) is 5.10 Å². The van der Waals surface area contributed by atoms with Gasteiger partial charge >= 0.3 is 0 Å². The van der Waals surface area contributed by atoms with Crippen molar-refractivity contribution in [2.75, 3.05) is 5.32 Å². The third-order valence-electron chi connectivity index (χ3n) is 3.72. The van der Waals surface area contributed by atoms with Gasteiger partial charge < -0.3 is 5.32 Å². The lowest BCUT2D eigenvalue weighted by molar-refractivity contribution is -0.115. The first-order valence-corrected chi connectivity index (χ1v) is 9.31. The van der Waals surface area contributed by atoms with Gasteiger partial charge in [0.05, 0.1) is 12.1 Å². The summed E-state index contributed by atoms with van der Waals surface area (Å²) in [7, 11) is 0. The van der Waals surface area contributed by atoms with E-state index >= 15 is 0 Å². The maximum Gasteiger partial charge on any atom is 0.230 e. The Morgan fingerprint density at radius 3 is 2.65 bits per heavy atom. The van der Waals surface area contributed by atoms with E-state index in [4.69, 9.17) is 0 Å². The molecule has 1 N–H and O–H groups in total. The predicted molar refractivity (Wildman–Crippen MR) is 99.9 cm³/mol. The monoisotopic (exact) mass is 368 g/mol. The summed E-state index contributed by atoms with van der Waals surface area (Å²) in [5.41, 5.74) is 1.78. The van der Waals surface area contributed by atoms with Crippen molar-refractivity contribution in [2.45, 2.75) is 39.0 Å². The average molecular weight is 368 g/mol. The highest BCUT2D eigenvalue weighted by Crippen LogP contribution is 2.12. The number of amides is 1. The standard InChI is InChI=1S/C18H20N6OS/c1-13-21-24-18(26-13)7-3-2-6-15-8-9-16(23-22-15)20-17(25)11-14-5-4-10-19-12-14/h4-5,8-10,12H,2-3,6-7,11H2,1H3,(H,20,23,25). The number of pyridine rings is 1. The van der Waals surface area contributed by atoms with E-state index in [1.807, 2.05) is 25.1 Å². The quantitative estimate of drug-likeness (QED) is 0.615. The molecular formula is C18H20N6OS. The lowest BCUT2D eigenvalue weighted by Crippen LogP contribution is -2.16. The summed E-state index contributed by atoms with van der Waals surface area (Å²) >= 11 is 1.65. The molecule has 0 unspecified atom stereocenters. The summed E-state index contributed by atoms with van der Waals surface area (Å²) in [5, 5.41) is 21.3. The van der Waals surface area contributed by atoms with Crippen molar-refractivity contribution in [3.63, 3.8) is 0 Å². The van der Waals surface area contributed by atoms with E-state index < -0.39 is 0 Å². The molecule has 1 amide bonds. The molecule has 0 bridgehead atoms. The fraction of sp³-hybridized carbons (Fsp3) is 0.333. The minimum atomic E-state index is -0.132. The van der Waals surface area contributed by atoms with E-state index in [-0.39, 0.29) is 12.3 Å². The fourth-order valence-electron chi connectivity index (χ4n) is 2.46. The van der Waals surface area contributed by atoms with Crippen molar-refractivity contribution in [2.24, 2.45) is 0 Å². The van der Waals surface area contributed by atoms with Crippen LogP contribution >= 0.6 is 11.3 Å². The maximum atomic E-state index is 12.0. The molecule has 0 aliphatic heterocycles. The van der Waals surface area contributed by atoms with Crippen molar-refractivity contribution in [3.05, 3.63) is 57.9 Å². The van der Waals surface area contributed by atoms with Crippen molar-refractivity contribution >= 4 is 23.1 Å². The van der Waals surface area contributed by atoms with Crippen LogP contribution in [0.1, 0.15) is 34.1 Å². The number of anilines is 1. The molecule has 26 heavy (non-hydrogen) atoms. The Kier molecular flexibility index (Phi) is 6.32. The third kappa shape index (κ3) is 5.66. The zero-order valence-electron chi connectivity index (χ0n) is 14.6. The van der Waals surface area contributed by atoms with Gasteiger partial charge in [0.2, 0.25) is 5.91 Å². The summed E-state index contributed by atoms with van der Waals surface area (Å²) in [4.78, 5) is 16.0. The van der Waals surface area contributed by atoms with E-state index in [9.17, 15) is 4.79 Å². The lowest BCUT2D eigenvalue weighted by Gasteiger charge is -2.05. The van der Waals surface area contributed by atoms with Gasteiger partial charge in [-0.1, -0.05) is 6.07 Å². The molecule has 8 heteroatoms. The zero-order chi connectivity index (χ0) is 18.2. The zero-order valence-corrected chi connectivity index (χ0v) is 15.4. The van der Waals surface area contributed by atoms with Crippen LogP contribution in [0.25, 0.3) is 0 Å². The Labute approximate surface area is 155 Å².